The molecule has 0 saturated heterocycles. The summed E-state index contributed by atoms with van der Waals surface area (Å²) in [5, 5.41) is 9.94. The van der Waals surface area contributed by atoms with E-state index in [2.05, 4.69) is 37.5 Å². The number of rotatable bonds is 6. The third-order valence-corrected chi connectivity index (χ3v) is 4.87. The van der Waals surface area contributed by atoms with E-state index in [1.54, 1.807) is 6.20 Å². The molecule has 5 aromatic rings. The summed E-state index contributed by atoms with van der Waals surface area (Å²) in [5.74, 6) is 0.710. The summed E-state index contributed by atoms with van der Waals surface area (Å²) in [6.45, 7) is 4.55. The smallest absolute Gasteiger partial charge is 0.319 e. The van der Waals surface area contributed by atoms with Gasteiger partial charge in [-0.05, 0) is 56.3 Å². The second-order valence-corrected chi connectivity index (χ2v) is 7.56. The van der Waals surface area contributed by atoms with Crippen molar-refractivity contribution in [1.82, 2.24) is 24.7 Å². The SMILES string of the molecule is CC(C)Oc1nc(Nc2ccc3c(cnn3Cc3ccccn3)c2)c2ccccc2n1. The Bertz CT molecular complexity index is 1350. The van der Waals surface area contributed by atoms with Gasteiger partial charge in [0.15, 0.2) is 0 Å². The first-order chi connectivity index (χ1) is 15.2. The van der Waals surface area contributed by atoms with Crippen LogP contribution in [0, 0.1) is 0 Å². The Morgan fingerprint density at radius 1 is 1.00 bits per heavy atom. The second kappa shape index (κ2) is 8.02. The first-order valence-corrected chi connectivity index (χ1v) is 10.2. The second-order valence-electron chi connectivity index (χ2n) is 7.56. The van der Waals surface area contributed by atoms with Crippen LogP contribution in [0.5, 0.6) is 6.01 Å². The lowest BCUT2D eigenvalue weighted by Crippen LogP contribution is -2.09. The summed E-state index contributed by atoms with van der Waals surface area (Å²) in [5.41, 5.74) is 3.77. The molecular weight excluding hydrogens is 388 g/mol. The van der Waals surface area contributed by atoms with Crippen LogP contribution in [0.25, 0.3) is 21.8 Å². The highest BCUT2D eigenvalue weighted by atomic mass is 16.5. The number of hydrogen-bond donors (Lipinski definition) is 1. The van der Waals surface area contributed by atoms with E-state index in [-0.39, 0.29) is 6.10 Å². The Kier molecular flexibility index (Phi) is 4.92. The number of anilines is 2. The van der Waals surface area contributed by atoms with Crippen LogP contribution in [-0.2, 0) is 6.54 Å². The monoisotopic (exact) mass is 410 g/mol. The molecule has 0 aliphatic carbocycles. The summed E-state index contributed by atoms with van der Waals surface area (Å²) in [6.07, 6.45) is 3.66. The number of nitrogens with zero attached hydrogens (tertiary/aromatic N) is 5. The van der Waals surface area contributed by atoms with Crippen molar-refractivity contribution in [3.8, 4) is 6.01 Å². The number of nitrogens with one attached hydrogen (secondary N) is 1. The van der Waals surface area contributed by atoms with Crippen LogP contribution >= 0.6 is 0 Å². The summed E-state index contributed by atoms with van der Waals surface area (Å²) < 4.78 is 7.70. The van der Waals surface area contributed by atoms with E-state index >= 15 is 0 Å². The molecule has 5 rings (SSSR count). The number of pyridine rings is 1. The van der Waals surface area contributed by atoms with Crippen molar-refractivity contribution in [1.29, 1.82) is 0 Å². The molecule has 0 radical (unpaired) electrons. The van der Waals surface area contributed by atoms with Crippen molar-refractivity contribution < 1.29 is 4.74 Å². The molecule has 0 amide bonds. The van der Waals surface area contributed by atoms with Crippen molar-refractivity contribution in [3.63, 3.8) is 0 Å². The first kappa shape index (κ1) is 19.0. The highest BCUT2D eigenvalue weighted by Crippen LogP contribution is 2.28. The van der Waals surface area contributed by atoms with Gasteiger partial charge in [-0.2, -0.15) is 15.1 Å². The van der Waals surface area contributed by atoms with Gasteiger partial charge in [0.2, 0.25) is 0 Å². The molecule has 1 N–H and O–H groups in total. The largest absolute Gasteiger partial charge is 0.461 e. The van der Waals surface area contributed by atoms with Crippen LogP contribution in [0.15, 0.2) is 73.1 Å². The Morgan fingerprint density at radius 3 is 2.71 bits per heavy atom. The molecule has 0 spiro atoms. The van der Waals surface area contributed by atoms with E-state index in [1.807, 2.05) is 73.3 Å². The molecule has 0 bridgehead atoms. The third-order valence-electron chi connectivity index (χ3n) is 4.87. The van der Waals surface area contributed by atoms with Gasteiger partial charge in [-0.25, -0.2) is 0 Å². The normalized spacial score (nSPS) is 11.3. The minimum atomic E-state index is -0.00435. The molecule has 7 nitrogen and oxygen atoms in total. The van der Waals surface area contributed by atoms with Gasteiger partial charge in [-0.3, -0.25) is 9.67 Å². The molecule has 0 aliphatic heterocycles. The van der Waals surface area contributed by atoms with Gasteiger partial charge in [0.25, 0.3) is 0 Å². The van der Waals surface area contributed by atoms with E-state index in [0.717, 1.165) is 33.2 Å². The maximum Gasteiger partial charge on any atom is 0.319 e. The predicted molar refractivity (Wildman–Crippen MR) is 122 cm³/mol. The molecule has 0 saturated carbocycles. The van der Waals surface area contributed by atoms with Crippen LogP contribution < -0.4 is 10.1 Å². The van der Waals surface area contributed by atoms with Crippen LogP contribution in [0.1, 0.15) is 19.5 Å². The Hall–Kier alpha value is -4.00. The standard InChI is InChI=1S/C24H22N6O/c1-16(2)31-24-28-21-9-4-3-8-20(21)23(29-24)27-18-10-11-22-17(13-18)14-26-30(22)15-19-7-5-6-12-25-19/h3-14,16H,15H2,1-2H3,(H,27,28,29). The lowest BCUT2D eigenvalue weighted by molar-refractivity contribution is 0.223. The molecular formula is C24H22N6O. The van der Waals surface area contributed by atoms with Gasteiger partial charge < -0.3 is 10.1 Å². The Balaban J connectivity index is 1.47. The highest BCUT2D eigenvalue weighted by Gasteiger charge is 2.11. The number of ether oxygens (including phenoxy) is 1. The average Bonchev–Trinajstić information content (AvgIpc) is 3.16. The van der Waals surface area contributed by atoms with Crippen molar-refractivity contribution in [2.24, 2.45) is 0 Å². The topological polar surface area (TPSA) is 77.8 Å². The van der Waals surface area contributed by atoms with Crippen molar-refractivity contribution in [3.05, 3.63) is 78.8 Å². The van der Waals surface area contributed by atoms with E-state index in [4.69, 9.17) is 4.74 Å². The van der Waals surface area contributed by atoms with Gasteiger partial charge in [0, 0.05) is 22.7 Å². The molecule has 2 aromatic carbocycles. The molecule has 7 heteroatoms. The van der Waals surface area contributed by atoms with Crippen molar-refractivity contribution in [2.75, 3.05) is 5.32 Å². The minimum absolute atomic E-state index is 0.00435. The fourth-order valence-corrected chi connectivity index (χ4v) is 3.49. The maximum atomic E-state index is 5.75. The molecule has 0 unspecified atom stereocenters. The molecule has 31 heavy (non-hydrogen) atoms. The van der Waals surface area contributed by atoms with Gasteiger partial charge in [0.1, 0.15) is 5.82 Å². The zero-order chi connectivity index (χ0) is 21.2. The zero-order valence-electron chi connectivity index (χ0n) is 17.4. The molecule has 3 heterocycles. The maximum absolute atomic E-state index is 5.75. The fraction of sp³-hybridized carbons (Fsp3) is 0.167. The minimum Gasteiger partial charge on any atom is -0.461 e. The predicted octanol–water partition coefficient (Wildman–Crippen LogP) is 4.95. The fourth-order valence-electron chi connectivity index (χ4n) is 3.49. The highest BCUT2D eigenvalue weighted by molar-refractivity contribution is 5.92. The quantitative estimate of drug-likeness (QED) is 0.427. The van der Waals surface area contributed by atoms with Crippen LogP contribution in [0.4, 0.5) is 11.5 Å². The summed E-state index contributed by atoms with van der Waals surface area (Å²) in [7, 11) is 0. The van der Waals surface area contributed by atoms with E-state index < -0.39 is 0 Å². The molecule has 3 aromatic heterocycles. The number of benzene rings is 2. The number of aromatic nitrogens is 5. The zero-order valence-corrected chi connectivity index (χ0v) is 17.4. The number of hydrogen-bond acceptors (Lipinski definition) is 6. The molecule has 154 valence electrons. The van der Waals surface area contributed by atoms with E-state index in [1.165, 1.54) is 0 Å². The average molecular weight is 410 g/mol. The number of para-hydroxylation sites is 1. The van der Waals surface area contributed by atoms with Gasteiger partial charge in [-0.15, -0.1) is 0 Å². The van der Waals surface area contributed by atoms with Crippen LogP contribution in [0.2, 0.25) is 0 Å². The lowest BCUT2D eigenvalue weighted by atomic mass is 10.2. The molecule has 0 aliphatic rings. The van der Waals surface area contributed by atoms with Crippen LogP contribution in [0.3, 0.4) is 0 Å². The van der Waals surface area contributed by atoms with Gasteiger partial charge in [-0.1, -0.05) is 18.2 Å². The Labute approximate surface area is 179 Å². The first-order valence-electron chi connectivity index (χ1n) is 10.2. The van der Waals surface area contributed by atoms with E-state index in [0.29, 0.717) is 18.4 Å². The third kappa shape index (κ3) is 4.02. The van der Waals surface area contributed by atoms with Gasteiger partial charge >= 0.3 is 6.01 Å². The van der Waals surface area contributed by atoms with E-state index in [9.17, 15) is 0 Å². The summed E-state index contributed by atoms with van der Waals surface area (Å²) in [4.78, 5) is 13.5. The van der Waals surface area contributed by atoms with Crippen LogP contribution in [-0.4, -0.2) is 30.8 Å². The van der Waals surface area contributed by atoms with Crippen molar-refractivity contribution in [2.45, 2.75) is 26.5 Å². The van der Waals surface area contributed by atoms with Crippen molar-refractivity contribution >= 4 is 33.3 Å². The number of fused-ring (bicyclic) bond motifs is 2. The molecule has 0 atom stereocenters. The molecule has 0 fully saturated rings. The lowest BCUT2D eigenvalue weighted by Gasteiger charge is -2.13. The summed E-state index contributed by atoms with van der Waals surface area (Å²) in [6, 6.07) is 20.3. The summed E-state index contributed by atoms with van der Waals surface area (Å²) >= 11 is 0. The Morgan fingerprint density at radius 2 is 1.87 bits per heavy atom. The van der Waals surface area contributed by atoms with Gasteiger partial charge in [0.05, 0.1) is 35.6 Å².